The highest BCUT2D eigenvalue weighted by Gasteiger charge is 2.24. The predicted molar refractivity (Wildman–Crippen MR) is 82.8 cm³/mol. The van der Waals surface area contributed by atoms with Gasteiger partial charge < -0.3 is 15.5 Å². The molecule has 0 unspecified atom stereocenters. The average molecular weight is 286 g/mol. The van der Waals surface area contributed by atoms with Crippen LogP contribution in [0.1, 0.15) is 28.8 Å². The van der Waals surface area contributed by atoms with E-state index in [9.17, 15) is 4.79 Å². The van der Waals surface area contributed by atoms with Gasteiger partial charge in [-0.3, -0.25) is 9.78 Å². The number of carbonyl (C=O) groups is 1. The quantitative estimate of drug-likeness (QED) is 0.807. The van der Waals surface area contributed by atoms with E-state index in [4.69, 9.17) is 5.73 Å². The lowest BCUT2D eigenvalue weighted by Gasteiger charge is -2.35. The minimum absolute atomic E-state index is 0.0381. The predicted octanol–water partition coefficient (Wildman–Crippen LogP) is 0.558. The third kappa shape index (κ3) is 4.03. The molecule has 1 saturated heterocycles. The number of aromatic nitrogens is 1. The molecule has 1 amide bonds. The van der Waals surface area contributed by atoms with Crippen molar-refractivity contribution < 1.29 is 4.79 Å². The zero-order valence-electron chi connectivity index (χ0n) is 12.7. The molecule has 2 rings (SSSR count). The lowest BCUT2D eigenvalue weighted by molar-refractivity contribution is 0.0663. The van der Waals surface area contributed by atoms with Crippen LogP contribution >= 0.6 is 0 Å². The molecule has 112 valence electrons. The molecule has 1 aliphatic rings. The van der Waals surface area contributed by atoms with Crippen LogP contribution < -0.4 is 5.73 Å². The maximum atomic E-state index is 12.5. The molecule has 0 aliphatic carbocycles. The molecule has 1 fully saturated rings. The summed E-state index contributed by atoms with van der Waals surface area (Å²) in [6.45, 7) is 1.89. The molecule has 0 spiro atoms. The van der Waals surface area contributed by atoms with Gasteiger partial charge in [0.15, 0.2) is 0 Å². The van der Waals surface area contributed by atoms with Gasteiger partial charge in [-0.25, -0.2) is 0 Å². The van der Waals surface area contributed by atoms with Gasteiger partial charge in [-0.2, -0.15) is 0 Å². The number of hydrogen-bond donors (Lipinski definition) is 1. The highest BCUT2D eigenvalue weighted by Crippen LogP contribution is 2.16. The Labute approximate surface area is 126 Å². The van der Waals surface area contributed by atoms with Gasteiger partial charge in [-0.05, 0) is 33.0 Å². The van der Waals surface area contributed by atoms with E-state index >= 15 is 0 Å². The van der Waals surface area contributed by atoms with Crippen LogP contribution in [-0.2, 0) is 0 Å². The number of hydrogen-bond acceptors (Lipinski definition) is 4. The van der Waals surface area contributed by atoms with E-state index < -0.39 is 0 Å². The molecular weight excluding hydrogens is 264 g/mol. The normalized spacial score (nSPS) is 15.7. The Kier molecular flexibility index (Phi) is 5.32. The number of piperidine rings is 1. The van der Waals surface area contributed by atoms with Crippen molar-refractivity contribution in [2.75, 3.05) is 33.7 Å². The number of nitrogens with zero attached hydrogens (tertiary/aromatic N) is 3. The second kappa shape index (κ2) is 7.21. The van der Waals surface area contributed by atoms with Crippen LogP contribution in [0.5, 0.6) is 0 Å². The first kappa shape index (κ1) is 15.5. The number of pyridine rings is 1. The van der Waals surface area contributed by atoms with Gasteiger partial charge in [0.2, 0.25) is 0 Å². The van der Waals surface area contributed by atoms with Crippen LogP contribution in [-0.4, -0.2) is 60.5 Å². The fraction of sp³-hybridized carbons (Fsp3) is 0.500. The molecule has 2 heterocycles. The Bertz CT molecular complexity index is 551. The van der Waals surface area contributed by atoms with Gasteiger partial charge in [-0.1, -0.05) is 11.8 Å². The standard InChI is InChI=1S/C16H22N4O/c1-19(2)15-5-8-20(9-6-15)16(21)14-10-13(4-3-7-17)11-18-12-14/h10-12,15H,5-9,17H2,1-2H3. The molecule has 2 N–H and O–H groups in total. The summed E-state index contributed by atoms with van der Waals surface area (Å²) >= 11 is 0. The Morgan fingerprint density at radius 2 is 2.14 bits per heavy atom. The first-order valence-electron chi connectivity index (χ1n) is 7.21. The molecule has 5 heteroatoms. The zero-order valence-corrected chi connectivity index (χ0v) is 12.7. The van der Waals surface area contributed by atoms with Gasteiger partial charge in [-0.15, -0.1) is 0 Å². The Morgan fingerprint density at radius 3 is 2.76 bits per heavy atom. The molecule has 0 radical (unpaired) electrons. The largest absolute Gasteiger partial charge is 0.338 e. The van der Waals surface area contributed by atoms with Crippen molar-refractivity contribution in [1.82, 2.24) is 14.8 Å². The number of likely N-dealkylation sites (tertiary alicyclic amines) is 1. The summed E-state index contributed by atoms with van der Waals surface area (Å²) < 4.78 is 0. The highest BCUT2D eigenvalue weighted by atomic mass is 16.2. The molecule has 0 saturated carbocycles. The second-order valence-electron chi connectivity index (χ2n) is 5.46. The minimum atomic E-state index is 0.0381. The smallest absolute Gasteiger partial charge is 0.255 e. The van der Waals surface area contributed by atoms with Crippen LogP contribution in [0.2, 0.25) is 0 Å². The highest BCUT2D eigenvalue weighted by molar-refractivity contribution is 5.94. The van der Waals surface area contributed by atoms with Gasteiger partial charge in [0, 0.05) is 37.1 Å². The summed E-state index contributed by atoms with van der Waals surface area (Å²) in [7, 11) is 4.18. The first-order chi connectivity index (χ1) is 10.1. The maximum absolute atomic E-state index is 12.5. The molecule has 0 bridgehead atoms. The molecule has 1 aliphatic heterocycles. The molecule has 1 aromatic rings. The van der Waals surface area contributed by atoms with E-state index in [-0.39, 0.29) is 5.91 Å². The Balaban J connectivity index is 2.04. The Hall–Kier alpha value is -1.90. The fourth-order valence-electron chi connectivity index (χ4n) is 2.55. The fourth-order valence-corrected chi connectivity index (χ4v) is 2.55. The summed E-state index contributed by atoms with van der Waals surface area (Å²) in [5.41, 5.74) is 6.69. The minimum Gasteiger partial charge on any atom is -0.338 e. The van der Waals surface area contributed by atoms with Crippen LogP contribution in [0.4, 0.5) is 0 Å². The second-order valence-corrected chi connectivity index (χ2v) is 5.46. The third-order valence-corrected chi connectivity index (χ3v) is 3.80. The summed E-state index contributed by atoms with van der Waals surface area (Å²) in [6.07, 6.45) is 5.28. The van der Waals surface area contributed by atoms with Crippen molar-refractivity contribution in [3.63, 3.8) is 0 Å². The number of rotatable bonds is 2. The molecular formula is C16H22N4O. The zero-order chi connectivity index (χ0) is 15.2. The van der Waals surface area contributed by atoms with Crippen molar-refractivity contribution in [3.8, 4) is 11.8 Å². The van der Waals surface area contributed by atoms with E-state index in [0.717, 1.165) is 31.5 Å². The van der Waals surface area contributed by atoms with Gasteiger partial charge in [0.05, 0.1) is 12.1 Å². The van der Waals surface area contributed by atoms with Crippen molar-refractivity contribution in [1.29, 1.82) is 0 Å². The molecule has 0 atom stereocenters. The SMILES string of the molecule is CN(C)C1CCN(C(=O)c2cncc(C#CCN)c2)CC1. The number of amides is 1. The van der Waals surface area contributed by atoms with Crippen LogP contribution in [0.25, 0.3) is 0 Å². The van der Waals surface area contributed by atoms with Crippen molar-refractivity contribution in [2.45, 2.75) is 18.9 Å². The average Bonchev–Trinajstić information content (AvgIpc) is 2.52. The lowest BCUT2D eigenvalue weighted by atomic mass is 10.0. The van der Waals surface area contributed by atoms with Gasteiger partial charge in [0.1, 0.15) is 0 Å². The third-order valence-electron chi connectivity index (χ3n) is 3.80. The molecule has 21 heavy (non-hydrogen) atoms. The molecule has 1 aromatic heterocycles. The van der Waals surface area contributed by atoms with E-state index in [1.165, 1.54) is 0 Å². The van der Waals surface area contributed by atoms with E-state index in [2.05, 4.69) is 35.8 Å². The van der Waals surface area contributed by atoms with Crippen LogP contribution in [0.3, 0.4) is 0 Å². The first-order valence-corrected chi connectivity index (χ1v) is 7.21. The number of nitrogens with two attached hydrogens (primary N) is 1. The lowest BCUT2D eigenvalue weighted by Crippen LogP contribution is -2.44. The van der Waals surface area contributed by atoms with Crippen molar-refractivity contribution >= 4 is 5.91 Å². The molecule has 0 aromatic carbocycles. The number of carbonyl (C=O) groups excluding carboxylic acids is 1. The van der Waals surface area contributed by atoms with Crippen molar-refractivity contribution in [2.24, 2.45) is 5.73 Å². The summed E-state index contributed by atoms with van der Waals surface area (Å²) in [4.78, 5) is 20.7. The van der Waals surface area contributed by atoms with Crippen LogP contribution in [0, 0.1) is 11.8 Å². The van der Waals surface area contributed by atoms with Gasteiger partial charge >= 0.3 is 0 Å². The Morgan fingerprint density at radius 1 is 1.43 bits per heavy atom. The van der Waals surface area contributed by atoms with Gasteiger partial charge in [0.25, 0.3) is 5.91 Å². The summed E-state index contributed by atoms with van der Waals surface area (Å²) in [5.74, 6) is 5.72. The molecule has 5 nitrogen and oxygen atoms in total. The van der Waals surface area contributed by atoms with E-state index in [1.807, 2.05) is 4.90 Å². The van der Waals surface area contributed by atoms with Crippen molar-refractivity contribution in [3.05, 3.63) is 29.6 Å². The van der Waals surface area contributed by atoms with E-state index in [1.54, 1.807) is 18.5 Å². The topological polar surface area (TPSA) is 62.5 Å². The maximum Gasteiger partial charge on any atom is 0.255 e. The monoisotopic (exact) mass is 286 g/mol. The summed E-state index contributed by atoms with van der Waals surface area (Å²) in [6, 6.07) is 2.35. The summed E-state index contributed by atoms with van der Waals surface area (Å²) in [5, 5.41) is 0. The van der Waals surface area contributed by atoms with E-state index in [0.29, 0.717) is 18.2 Å². The van der Waals surface area contributed by atoms with Crippen LogP contribution in [0.15, 0.2) is 18.5 Å².